The van der Waals surface area contributed by atoms with E-state index in [9.17, 15) is 0 Å². The lowest BCUT2D eigenvalue weighted by Gasteiger charge is -2.31. The van der Waals surface area contributed by atoms with E-state index in [-0.39, 0.29) is 10.8 Å². The highest BCUT2D eigenvalue weighted by Gasteiger charge is 2.41. The Kier molecular flexibility index (Phi) is 8.94. The molecule has 1 heterocycles. The molecule has 0 N–H and O–H groups in total. The normalized spacial score (nSPS) is 15.3. The SMILES string of the molecule is CC1(C)c2ccccc2-c2cccc(-c3ccccc3-c3ccc(N(c4ccc(-c5cccc6sc7ccccc7c56)cc4)c4ccc5c(c4)C(C)(c4ccccc4)c4ccccc4-5)cc3)c21. The molecule has 2 heteroatoms. The third kappa shape index (κ3) is 5.99. The van der Waals surface area contributed by atoms with E-state index in [0.29, 0.717) is 0 Å². The van der Waals surface area contributed by atoms with Crippen molar-refractivity contribution in [2.45, 2.75) is 31.6 Å². The van der Waals surface area contributed by atoms with E-state index in [2.05, 4.69) is 256 Å². The first-order valence-corrected chi connectivity index (χ1v) is 24.2. The maximum Gasteiger partial charge on any atom is 0.0465 e. The van der Waals surface area contributed by atoms with Gasteiger partial charge in [-0.1, -0.05) is 196 Å². The molecule has 1 atom stereocenters. The van der Waals surface area contributed by atoms with E-state index in [4.69, 9.17) is 0 Å². The Labute approximate surface area is 396 Å². The van der Waals surface area contributed by atoms with Gasteiger partial charge in [-0.15, -0.1) is 11.3 Å². The summed E-state index contributed by atoms with van der Waals surface area (Å²) in [4.78, 5) is 2.44. The highest BCUT2D eigenvalue weighted by Crippen LogP contribution is 2.55. The first-order valence-electron chi connectivity index (χ1n) is 23.4. The highest BCUT2D eigenvalue weighted by atomic mass is 32.1. The van der Waals surface area contributed by atoms with Crippen molar-refractivity contribution >= 4 is 48.6 Å². The topological polar surface area (TPSA) is 3.24 Å². The number of hydrogen-bond acceptors (Lipinski definition) is 2. The van der Waals surface area contributed by atoms with Gasteiger partial charge >= 0.3 is 0 Å². The molecule has 318 valence electrons. The molecule has 0 aliphatic heterocycles. The fourth-order valence-electron chi connectivity index (χ4n) is 11.8. The Morgan fingerprint density at radius 3 is 1.57 bits per heavy atom. The summed E-state index contributed by atoms with van der Waals surface area (Å²) >= 11 is 1.87. The molecule has 0 saturated heterocycles. The molecule has 0 fully saturated rings. The van der Waals surface area contributed by atoms with Gasteiger partial charge < -0.3 is 4.90 Å². The molecule has 0 saturated carbocycles. The van der Waals surface area contributed by atoms with Crippen LogP contribution in [0.4, 0.5) is 17.1 Å². The summed E-state index contributed by atoms with van der Waals surface area (Å²) in [6, 6.07) is 85.8. The minimum Gasteiger partial charge on any atom is -0.310 e. The third-order valence-electron chi connectivity index (χ3n) is 15.0. The second-order valence-corrected chi connectivity index (χ2v) is 20.0. The van der Waals surface area contributed by atoms with E-state index in [0.717, 1.165) is 17.1 Å². The van der Waals surface area contributed by atoms with Gasteiger partial charge in [-0.25, -0.2) is 0 Å². The number of rotatable bonds is 7. The average Bonchev–Trinajstić information content (AvgIpc) is 3.98. The van der Waals surface area contributed by atoms with E-state index in [1.54, 1.807) is 0 Å². The molecular formula is C65H47NS. The average molecular weight is 874 g/mol. The van der Waals surface area contributed by atoms with Gasteiger partial charge in [0.2, 0.25) is 0 Å². The van der Waals surface area contributed by atoms with Gasteiger partial charge in [0.15, 0.2) is 0 Å². The molecule has 1 aromatic heterocycles. The summed E-state index contributed by atoms with van der Waals surface area (Å²) < 4.78 is 2.64. The smallest absolute Gasteiger partial charge is 0.0465 e. The molecule has 1 nitrogen and oxygen atoms in total. The molecular weight excluding hydrogens is 827 g/mol. The van der Waals surface area contributed by atoms with Crippen LogP contribution in [0.5, 0.6) is 0 Å². The van der Waals surface area contributed by atoms with E-state index < -0.39 is 0 Å². The van der Waals surface area contributed by atoms with Crippen LogP contribution in [0, 0.1) is 0 Å². The Balaban J connectivity index is 0.948. The van der Waals surface area contributed by atoms with Gasteiger partial charge in [0.1, 0.15) is 0 Å². The lowest BCUT2D eigenvalue weighted by molar-refractivity contribution is 0.662. The fourth-order valence-corrected chi connectivity index (χ4v) is 12.9. The van der Waals surface area contributed by atoms with Gasteiger partial charge in [-0.05, 0) is 139 Å². The maximum absolute atomic E-state index is 2.45. The second kappa shape index (κ2) is 15.1. The zero-order chi connectivity index (χ0) is 44.9. The molecule has 1 unspecified atom stereocenters. The molecule has 67 heavy (non-hydrogen) atoms. The summed E-state index contributed by atoms with van der Waals surface area (Å²) in [6.07, 6.45) is 0. The van der Waals surface area contributed by atoms with Crippen LogP contribution < -0.4 is 4.90 Å². The largest absolute Gasteiger partial charge is 0.310 e. The molecule has 0 bridgehead atoms. The van der Waals surface area contributed by atoms with Crippen molar-refractivity contribution < 1.29 is 0 Å². The zero-order valence-electron chi connectivity index (χ0n) is 37.8. The summed E-state index contributed by atoms with van der Waals surface area (Å²) in [6.45, 7) is 7.16. The summed E-state index contributed by atoms with van der Waals surface area (Å²) in [5.74, 6) is 0. The van der Waals surface area contributed by atoms with Gasteiger partial charge in [-0.2, -0.15) is 0 Å². The van der Waals surface area contributed by atoms with Gasteiger partial charge in [0.05, 0.1) is 0 Å². The van der Waals surface area contributed by atoms with Crippen molar-refractivity contribution in [1.82, 2.24) is 0 Å². The summed E-state index contributed by atoms with van der Waals surface area (Å²) in [5, 5.41) is 2.65. The number of fused-ring (bicyclic) bond motifs is 9. The first kappa shape index (κ1) is 39.6. The van der Waals surface area contributed by atoms with Crippen LogP contribution in [0.2, 0.25) is 0 Å². The Bertz CT molecular complexity index is 3730. The number of hydrogen-bond donors (Lipinski definition) is 0. The minimum atomic E-state index is -0.318. The van der Waals surface area contributed by atoms with Crippen LogP contribution in [0.25, 0.3) is 75.8 Å². The molecule has 2 aliphatic carbocycles. The summed E-state index contributed by atoms with van der Waals surface area (Å²) in [7, 11) is 0. The third-order valence-corrected chi connectivity index (χ3v) is 16.1. The standard InChI is InChI=1S/C65H47NS/c1-64(2)57-27-12-9-22-52(57)55-26-15-25-54(63(55)64)50-20-8-7-19-48(50)42-31-35-45(36-32-42)66(46-37-33-43(34-38-46)49-24-16-30-61-62(49)56-23-11-14-29-60(56)67-61)47-39-40-53-51-21-10-13-28-58(51)65(3,59(53)41-47)44-17-5-4-6-18-44/h4-41H,1-3H3. The van der Waals surface area contributed by atoms with Crippen LogP contribution in [0.15, 0.2) is 231 Å². The molecule has 0 spiro atoms. The number of benzene rings is 10. The van der Waals surface area contributed by atoms with E-state index >= 15 is 0 Å². The quantitative estimate of drug-likeness (QED) is 0.154. The van der Waals surface area contributed by atoms with Crippen molar-refractivity contribution in [3.63, 3.8) is 0 Å². The van der Waals surface area contributed by atoms with Crippen LogP contribution in [-0.4, -0.2) is 0 Å². The van der Waals surface area contributed by atoms with Gasteiger partial charge in [0.25, 0.3) is 0 Å². The van der Waals surface area contributed by atoms with Crippen LogP contribution in [-0.2, 0) is 10.8 Å². The van der Waals surface area contributed by atoms with E-state index in [1.165, 1.54) is 104 Å². The van der Waals surface area contributed by atoms with Crippen LogP contribution >= 0.6 is 11.3 Å². The van der Waals surface area contributed by atoms with Crippen molar-refractivity contribution in [1.29, 1.82) is 0 Å². The Morgan fingerprint density at radius 2 is 0.836 bits per heavy atom. The van der Waals surface area contributed by atoms with Crippen LogP contribution in [0.1, 0.15) is 48.6 Å². The molecule has 13 rings (SSSR count). The lowest BCUT2D eigenvalue weighted by atomic mass is 9.74. The predicted octanol–water partition coefficient (Wildman–Crippen LogP) is 18.2. The zero-order valence-corrected chi connectivity index (χ0v) is 38.6. The maximum atomic E-state index is 2.45. The minimum absolute atomic E-state index is 0.118. The molecule has 11 aromatic rings. The van der Waals surface area contributed by atoms with Gasteiger partial charge in [-0.3, -0.25) is 0 Å². The van der Waals surface area contributed by atoms with Crippen molar-refractivity contribution in [2.24, 2.45) is 0 Å². The lowest BCUT2D eigenvalue weighted by Crippen LogP contribution is -2.22. The monoisotopic (exact) mass is 873 g/mol. The predicted molar refractivity (Wildman–Crippen MR) is 285 cm³/mol. The number of nitrogens with zero attached hydrogens (tertiary/aromatic N) is 1. The van der Waals surface area contributed by atoms with Gasteiger partial charge in [0, 0.05) is 48.1 Å². The van der Waals surface area contributed by atoms with Crippen molar-refractivity contribution in [3.8, 4) is 55.6 Å². The molecule has 0 amide bonds. The molecule has 2 aliphatic rings. The Morgan fingerprint density at radius 1 is 0.343 bits per heavy atom. The van der Waals surface area contributed by atoms with Crippen molar-refractivity contribution in [2.75, 3.05) is 4.90 Å². The number of thiophene rings is 1. The molecule has 0 radical (unpaired) electrons. The first-order chi connectivity index (χ1) is 32.9. The number of anilines is 3. The second-order valence-electron chi connectivity index (χ2n) is 18.9. The van der Waals surface area contributed by atoms with Crippen molar-refractivity contribution in [3.05, 3.63) is 258 Å². The van der Waals surface area contributed by atoms with E-state index in [1.807, 2.05) is 11.3 Å². The summed E-state index contributed by atoms with van der Waals surface area (Å²) in [5.41, 5.74) is 22.4. The Hall–Kier alpha value is -7.78. The fraction of sp³-hybridized carbons (Fsp3) is 0.0769. The van der Waals surface area contributed by atoms with Crippen LogP contribution in [0.3, 0.4) is 0 Å². The highest BCUT2D eigenvalue weighted by molar-refractivity contribution is 7.25. The molecule has 10 aromatic carbocycles.